The Morgan fingerprint density at radius 3 is 2.35 bits per heavy atom. The van der Waals surface area contributed by atoms with Crippen molar-refractivity contribution in [3.05, 3.63) is 29.8 Å². The maximum atomic E-state index is 12.2. The van der Waals surface area contributed by atoms with E-state index in [9.17, 15) is 13.5 Å². The Hall–Kier alpha value is -0.910. The molecule has 0 aromatic heterocycles. The number of benzene rings is 1. The van der Waals surface area contributed by atoms with E-state index in [1.165, 1.54) is 0 Å². The van der Waals surface area contributed by atoms with Crippen molar-refractivity contribution in [1.82, 2.24) is 4.72 Å². The van der Waals surface area contributed by atoms with Crippen LogP contribution >= 0.6 is 0 Å². The highest BCUT2D eigenvalue weighted by Crippen LogP contribution is 2.12. The molecule has 0 aliphatic heterocycles. The van der Waals surface area contributed by atoms with E-state index in [4.69, 9.17) is 0 Å². The van der Waals surface area contributed by atoms with E-state index in [1.807, 2.05) is 6.92 Å². The summed E-state index contributed by atoms with van der Waals surface area (Å²) in [5.74, 6) is 0. The normalized spacial score (nSPS) is 13.3. The summed E-state index contributed by atoms with van der Waals surface area (Å²) in [5, 5.41) is 9.31. The molecule has 0 unspecified atom stereocenters. The smallest absolute Gasteiger partial charge is 0.240 e. The van der Waals surface area contributed by atoms with Gasteiger partial charge in [0.05, 0.1) is 11.5 Å². The zero-order valence-corrected chi connectivity index (χ0v) is 13.1. The Kier molecular flexibility index (Phi) is 7.19. The van der Waals surface area contributed by atoms with Gasteiger partial charge in [-0.25, -0.2) is 13.1 Å². The van der Waals surface area contributed by atoms with Gasteiger partial charge in [-0.2, -0.15) is 0 Å². The number of nitrogens with one attached hydrogen (secondary N) is 1. The van der Waals surface area contributed by atoms with Gasteiger partial charge in [0.2, 0.25) is 10.0 Å². The van der Waals surface area contributed by atoms with Crippen molar-refractivity contribution < 1.29 is 13.5 Å². The number of aryl methyl sites for hydroxylation is 1. The van der Waals surface area contributed by atoms with E-state index < -0.39 is 16.1 Å². The number of hydrogen-bond donors (Lipinski definition) is 2. The molecule has 0 spiro atoms. The lowest BCUT2D eigenvalue weighted by Crippen LogP contribution is -2.37. The monoisotopic (exact) mass is 299 g/mol. The van der Waals surface area contributed by atoms with Crippen molar-refractivity contribution in [3.8, 4) is 0 Å². The van der Waals surface area contributed by atoms with Gasteiger partial charge >= 0.3 is 0 Å². The van der Waals surface area contributed by atoms with E-state index in [-0.39, 0.29) is 11.5 Å². The first-order valence-electron chi connectivity index (χ1n) is 7.19. The predicted molar refractivity (Wildman–Crippen MR) is 81.1 cm³/mol. The molecule has 0 aliphatic rings. The number of aliphatic hydroxyl groups is 1. The van der Waals surface area contributed by atoms with Gasteiger partial charge in [-0.1, -0.05) is 50.3 Å². The van der Waals surface area contributed by atoms with Gasteiger partial charge in [0.1, 0.15) is 0 Å². The van der Waals surface area contributed by atoms with Crippen LogP contribution in [0.3, 0.4) is 0 Å². The van der Waals surface area contributed by atoms with Crippen LogP contribution < -0.4 is 4.72 Å². The minimum absolute atomic E-state index is 0.169. The molecule has 114 valence electrons. The topological polar surface area (TPSA) is 66.4 Å². The standard InChI is InChI=1S/C15H25NO3S/c1-3-4-5-6-7-14(12-17)16-20(18,19)15-10-8-13(2)9-11-15/h8-11,14,16-17H,3-7,12H2,1-2H3/t14-/m1/s1. The molecule has 0 saturated carbocycles. The fourth-order valence-electron chi connectivity index (χ4n) is 2.01. The van der Waals surface area contributed by atoms with Crippen LogP contribution in [0.25, 0.3) is 0 Å². The maximum absolute atomic E-state index is 12.2. The van der Waals surface area contributed by atoms with Crippen molar-refractivity contribution >= 4 is 10.0 Å². The lowest BCUT2D eigenvalue weighted by molar-refractivity contribution is 0.247. The second-order valence-electron chi connectivity index (χ2n) is 5.16. The van der Waals surface area contributed by atoms with Crippen LogP contribution in [0.2, 0.25) is 0 Å². The molecule has 0 radical (unpaired) electrons. The second-order valence-corrected chi connectivity index (χ2v) is 6.88. The Morgan fingerprint density at radius 1 is 1.15 bits per heavy atom. The molecule has 1 rings (SSSR count). The summed E-state index contributed by atoms with van der Waals surface area (Å²) in [4.78, 5) is 0.245. The molecule has 4 nitrogen and oxygen atoms in total. The van der Waals surface area contributed by atoms with E-state index in [0.717, 1.165) is 31.2 Å². The molecule has 20 heavy (non-hydrogen) atoms. The van der Waals surface area contributed by atoms with Crippen LogP contribution in [-0.4, -0.2) is 26.2 Å². The Bertz CT molecular complexity index is 482. The molecule has 1 atom stereocenters. The minimum atomic E-state index is -3.54. The quantitative estimate of drug-likeness (QED) is 0.689. The van der Waals surface area contributed by atoms with Crippen molar-refractivity contribution in [2.24, 2.45) is 0 Å². The number of sulfonamides is 1. The largest absolute Gasteiger partial charge is 0.395 e. The zero-order chi connectivity index (χ0) is 15.0. The fraction of sp³-hybridized carbons (Fsp3) is 0.600. The van der Waals surface area contributed by atoms with Gasteiger partial charge < -0.3 is 5.11 Å². The van der Waals surface area contributed by atoms with Crippen molar-refractivity contribution in [2.45, 2.75) is 56.9 Å². The number of unbranched alkanes of at least 4 members (excludes halogenated alkanes) is 3. The third-order valence-corrected chi connectivity index (χ3v) is 4.82. The van der Waals surface area contributed by atoms with Gasteiger partial charge in [-0.3, -0.25) is 0 Å². The predicted octanol–water partition coefficient (Wildman–Crippen LogP) is 2.60. The zero-order valence-electron chi connectivity index (χ0n) is 12.3. The highest BCUT2D eigenvalue weighted by Gasteiger charge is 2.19. The molecule has 0 saturated heterocycles. The average molecular weight is 299 g/mol. The first-order chi connectivity index (χ1) is 9.49. The molecule has 0 fully saturated rings. The highest BCUT2D eigenvalue weighted by atomic mass is 32.2. The Labute approximate surface area is 122 Å². The number of rotatable bonds is 9. The molecular formula is C15H25NO3S. The summed E-state index contributed by atoms with van der Waals surface area (Å²) < 4.78 is 26.9. The van der Waals surface area contributed by atoms with Crippen molar-refractivity contribution in [1.29, 1.82) is 0 Å². The summed E-state index contributed by atoms with van der Waals surface area (Å²) >= 11 is 0. The summed E-state index contributed by atoms with van der Waals surface area (Å²) in [5.41, 5.74) is 1.02. The van der Waals surface area contributed by atoms with Crippen molar-refractivity contribution in [2.75, 3.05) is 6.61 Å². The van der Waals surface area contributed by atoms with Gasteiger partial charge in [0.25, 0.3) is 0 Å². The molecule has 0 bridgehead atoms. The van der Waals surface area contributed by atoms with E-state index >= 15 is 0 Å². The van der Waals surface area contributed by atoms with Crippen LogP contribution in [-0.2, 0) is 10.0 Å². The van der Waals surface area contributed by atoms with E-state index in [2.05, 4.69) is 11.6 Å². The molecule has 0 aliphatic carbocycles. The van der Waals surface area contributed by atoms with Crippen LogP contribution in [0.15, 0.2) is 29.2 Å². The van der Waals surface area contributed by atoms with Gasteiger partial charge in [0.15, 0.2) is 0 Å². The molecule has 0 amide bonds. The maximum Gasteiger partial charge on any atom is 0.240 e. The Balaban J connectivity index is 2.60. The molecule has 0 heterocycles. The van der Waals surface area contributed by atoms with Gasteiger partial charge in [-0.15, -0.1) is 0 Å². The fourth-order valence-corrected chi connectivity index (χ4v) is 3.27. The summed E-state index contributed by atoms with van der Waals surface area (Å²) in [6, 6.07) is 6.30. The number of aliphatic hydroxyl groups excluding tert-OH is 1. The van der Waals surface area contributed by atoms with Gasteiger partial charge in [0, 0.05) is 6.04 Å². The summed E-state index contributed by atoms with van der Waals surface area (Å²) in [6.07, 6.45) is 4.94. The highest BCUT2D eigenvalue weighted by molar-refractivity contribution is 7.89. The molecule has 5 heteroatoms. The lowest BCUT2D eigenvalue weighted by atomic mass is 10.1. The van der Waals surface area contributed by atoms with E-state index in [0.29, 0.717) is 6.42 Å². The van der Waals surface area contributed by atoms with Crippen LogP contribution in [0, 0.1) is 6.92 Å². The first-order valence-corrected chi connectivity index (χ1v) is 8.67. The average Bonchev–Trinajstić information content (AvgIpc) is 2.42. The van der Waals surface area contributed by atoms with Gasteiger partial charge in [-0.05, 0) is 25.5 Å². The SMILES string of the molecule is CCCCCC[C@H](CO)NS(=O)(=O)c1ccc(C)cc1. The van der Waals surface area contributed by atoms with E-state index in [1.54, 1.807) is 24.3 Å². The molecule has 1 aromatic rings. The van der Waals surface area contributed by atoms with Crippen LogP contribution in [0.4, 0.5) is 0 Å². The van der Waals surface area contributed by atoms with Crippen LogP contribution in [0.5, 0.6) is 0 Å². The summed E-state index contributed by atoms with van der Waals surface area (Å²) in [6.45, 7) is 3.87. The minimum Gasteiger partial charge on any atom is -0.395 e. The second kappa shape index (κ2) is 8.39. The number of hydrogen-bond acceptors (Lipinski definition) is 3. The lowest BCUT2D eigenvalue weighted by Gasteiger charge is -2.16. The summed E-state index contributed by atoms with van der Waals surface area (Å²) in [7, 11) is -3.54. The molecule has 1 aromatic carbocycles. The first kappa shape index (κ1) is 17.1. The molecular weight excluding hydrogens is 274 g/mol. The third kappa shape index (κ3) is 5.61. The third-order valence-electron chi connectivity index (χ3n) is 3.28. The molecule has 2 N–H and O–H groups in total. The van der Waals surface area contributed by atoms with Crippen molar-refractivity contribution in [3.63, 3.8) is 0 Å². The van der Waals surface area contributed by atoms with Crippen LogP contribution in [0.1, 0.15) is 44.6 Å². The Morgan fingerprint density at radius 2 is 1.80 bits per heavy atom.